The van der Waals surface area contributed by atoms with Crippen molar-refractivity contribution in [1.29, 1.82) is 0 Å². The second-order valence-electron chi connectivity index (χ2n) is 2.60. The van der Waals surface area contributed by atoms with Crippen LogP contribution in [0.25, 0.3) is 9.69 Å². The van der Waals surface area contributed by atoms with E-state index in [-0.39, 0.29) is 0 Å². The Kier molecular flexibility index (Phi) is 2.12. The molecule has 2 nitrogen and oxygen atoms in total. The fourth-order valence-electron chi connectivity index (χ4n) is 1.12. The van der Waals surface area contributed by atoms with Crippen LogP contribution in [0.5, 0.6) is 0 Å². The van der Waals surface area contributed by atoms with Crippen molar-refractivity contribution in [2.24, 2.45) is 0 Å². The Morgan fingerprint density at radius 2 is 1.75 bits per heavy atom. The van der Waals surface area contributed by atoms with Gasteiger partial charge in [0.1, 0.15) is 0 Å². The highest BCUT2D eigenvalue weighted by Crippen LogP contribution is 2.31. The Bertz CT molecular complexity index is 392. The maximum Gasteiger partial charge on any atom is 0.182 e. The lowest BCUT2D eigenvalue weighted by molar-refractivity contribution is 1.41. The van der Waals surface area contributed by atoms with Crippen LogP contribution in [0.1, 0.15) is 11.1 Å². The molecule has 0 fully saturated rings. The summed E-state index contributed by atoms with van der Waals surface area (Å²) in [6, 6.07) is 3.57. The maximum atomic E-state index is 6.92. The van der Waals surface area contributed by atoms with Crippen LogP contribution in [0.4, 0.5) is 11.4 Å². The molecule has 0 atom stereocenters. The van der Waals surface area contributed by atoms with E-state index >= 15 is 0 Å². The molecule has 1 aromatic rings. The van der Waals surface area contributed by atoms with E-state index in [4.69, 9.17) is 13.1 Å². The van der Waals surface area contributed by atoms with E-state index < -0.39 is 0 Å². The molecule has 1 aromatic carbocycles. The molecule has 0 spiro atoms. The highest BCUT2D eigenvalue weighted by Gasteiger charge is 2.05. The summed E-state index contributed by atoms with van der Waals surface area (Å²) >= 11 is 0. The smallest absolute Gasteiger partial charge is 0.182 e. The average Bonchev–Trinajstić information content (AvgIpc) is 2.06. The number of benzene rings is 1. The van der Waals surface area contributed by atoms with E-state index in [0.29, 0.717) is 11.4 Å². The predicted octanol–water partition coefficient (Wildman–Crippen LogP) is 3.41. The molecule has 0 unspecified atom stereocenters. The molecule has 0 N–H and O–H groups in total. The van der Waals surface area contributed by atoms with Gasteiger partial charge in [-0.2, -0.15) is 0 Å². The molecule has 0 aliphatic carbocycles. The molecule has 58 valence electrons. The van der Waals surface area contributed by atoms with Crippen molar-refractivity contribution in [2.45, 2.75) is 13.8 Å². The topological polar surface area (TPSA) is 8.72 Å². The molecule has 0 aliphatic rings. The van der Waals surface area contributed by atoms with Crippen LogP contribution in [0.15, 0.2) is 12.1 Å². The summed E-state index contributed by atoms with van der Waals surface area (Å²) < 4.78 is 0. The molecule has 0 heterocycles. The fourth-order valence-corrected chi connectivity index (χ4v) is 1.12. The van der Waals surface area contributed by atoms with Crippen LogP contribution >= 0.6 is 0 Å². The van der Waals surface area contributed by atoms with Crippen LogP contribution in [0.2, 0.25) is 0 Å². The fraction of sp³-hybridized carbons (Fsp3) is 0.200. The van der Waals surface area contributed by atoms with Gasteiger partial charge in [-0.25, -0.2) is 9.69 Å². The summed E-state index contributed by atoms with van der Waals surface area (Å²) in [5, 5.41) is 0. The number of hydrogen-bond donors (Lipinski definition) is 0. The Labute approximate surface area is 72.1 Å². The molecule has 2 heteroatoms. The van der Waals surface area contributed by atoms with Gasteiger partial charge in [-0.3, -0.25) is 0 Å². The summed E-state index contributed by atoms with van der Waals surface area (Å²) in [6.45, 7) is 17.5. The molecular weight excluding hydrogens is 148 g/mol. The lowest BCUT2D eigenvalue weighted by Crippen LogP contribution is -1.77. The molecule has 0 saturated heterocycles. The van der Waals surface area contributed by atoms with E-state index in [2.05, 4.69) is 9.69 Å². The Morgan fingerprint density at radius 1 is 1.08 bits per heavy atom. The summed E-state index contributed by atoms with van der Waals surface area (Å²) in [5.41, 5.74) is 2.92. The zero-order valence-electron chi connectivity index (χ0n) is 7.05. The Morgan fingerprint density at radius 3 is 2.25 bits per heavy atom. The first-order chi connectivity index (χ1) is 5.70. The van der Waals surface area contributed by atoms with Gasteiger partial charge in [0, 0.05) is 0 Å². The Hall–Kier alpha value is -1.80. The quantitative estimate of drug-likeness (QED) is 0.509. The van der Waals surface area contributed by atoms with Gasteiger partial charge in [0.2, 0.25) is 0 Å². The van der Waals surface area contributed by atoms with Gasteiger partial charge in [0.05, 0.1) is 13.1 Å². The monoisotopic (exact) mass is 156 g/mol. The molecule has 1 rings (SSSR count). The third kappa shape index (κ3) is 1.15. The van der Waals surface area contributed by atoms with E-state index in [1.165, 1.54) is 0 Å². The number of rotatable bonds is 0. The average molecular weight is 156 g/mol. The first-order valence-corrected chi connectivity index (χ1v) is 3.56. The largest absolute Gasteiger partial charge is 0.239 e. The lowest BCUT2D eigenvalue weighted by Gasteiger charge is -2.02. The van der Waals surface area contributed by atoms with Crippen molar-refractivity contribution in [3.63, 3.8) is 0 Å². The van der Waals surface area contributed by atoms with Gasteiger partial charge in [-0.05, 0) is 18.1 Å². The van der Waals surface area contributed by atoms with Crippen molar-refractivity contribution in [3.8, 4) is 0 Å². The highest BCUT2D eigenvalue weighted by molar-refractivity contribution is 5.69. The Balaban J connectivity index is 3.50. The van der Waals surface area contributed by atoms with Crippen LogP contribution < -0.4 is 0 Å². The standard InChI is InChI=1S/C10H8N2/c1-7-5-6-9(11-3)8(2)10(7)12-4/h5-6H,1-2H3. The second kappa shape index (κ2) is 3.07. The van der Waals surface area contributed by atoms with Crippen molar-refractivity contribution in [3.05, 3.63) is 46.1 Å². The molecule has 0 radical (unpaired) electrons. The first kappa shape index (κ1) is 8.30. The van der Waals surface area contributed by atoms with E-state index in [1.54, 1.807) is 6.07 Å². The number of nitrogens with zero attached hydrogens (tertiary/aromatic N) is 2. The molecule has 0 aliphatic heterocycles. The van der Waals surface area contributed by atoms with Gasteiger partial charge < -0.3 is 0 Å². The van der Waals surface area contributed by atoms with Crippen LogP contribution in [0, 0.1) is 27.0 Å². The van der Waals surface area contributed by atoms with E-state index in [9.17, 15) is 0 Å². The summed E-state index contributed by atoms with van der Waals surface area (Å²) in [6.07, 6.45) is 0. The first-order valence-electron chi connectivity index (χ1n) is 3.56. The van der Waals surface area contributed by atoms with Gasteiger partial charge in [-0.1, -0.05) is 19.1 Å². The molecule has 0 bridgehead atoms. The SMILES string of the molecule is [C-]#[N+]c1ccc(C)c([N+]#[C-])c1C. The van der Waals surface area contributed by atoms with Crippen LogP contribution in [-0.2, 0) is 0 Å². The number of hydrogen-bond acceptors (Lipinski definition) is 0. The van der Waals surface area contributed by atoms with Gasteiger partial charge >= 0.3 is 0 Å². The van der Waals surface area contributed by atoms with E-state index in [1.807, 2.05) is 19.9 Å². The van der Waals surface area contributed by atoms with Crippen LogP contribution in [0.3, 0.4) is 0 Å². The van der Waals surface area contributed by atoms with Gasteiger partial charge in [0.15, 0.2) is 11.4 Å². The van der Waals surface area contributed by atoms with Gasteiger partial charge in [-0.15, -0.1) is 0 Å². The van der Waals surface area contributed by atoms with Gasteiger partial charge in [0.25, 0.3) is 0 Å². The molecular formula is C10H8N2. The summed E-state index contributed by atoms with van der Waals surface area (Å²) in [4.78, 5) is 6.71. The minimum Gasteiger partial charge on any atom is -0.239 e. The zero-order valence-corrected chi connectivity index (χ0v) is 7.05. The highest BCUT2D eigenvalue weighted by atomic mass is 14.7. The second-order valence-corrected chi connectivity index (χ2v) is 2.60. The summed E-state index contributed by atoms with van der Waals surface area (Å²) in [5.74, 6) is 0. The molecule has 0 amide bonds. The van der Waals surface area contributed by atoms with Crippen molar-refractivity contribution >= 4 is 11.4 Å². The normalized spacial score (nSPS) is 8.67. The third-order valence-electron chi connectivity index (χ3n) is 1.84. The number of aryl methyl sites for hydroxylation is 1. The molecule has 12 heavy (non-hydrogen) atoms. The molecule has 0 aromatic heterocycles. The zero-order chi connectivity index (χ0) is 9.14. The minimum atomic E-state index is 0.576. The van der Waals surface area contributed by atoms with Crippen LogP contribution in [-0.4, -0.2) is 0 Å². The summed E-state index contributed by atoms with van der Waals surface area (Å²) in [7, 11) is 0. The van der Waals surface area contributed by atoms with Crippen molar-refractivity contribution in [1.82, 2.24) is 0 Å². The maximum absolute atomic E-state index is 6.92. The third-order valence-corrected chi connectivity index (χ3v) is 1.84. The molecule has 0 saturated carbocycles. The van der Waals surface area contributed by atoms with Crippen molar-refractivity contribution < 1.29 is 0 Å². The lowest BCUT2D eigenvalue weighted by atomic mass is 10.1. The predicted molar refractivity (Wildman–Crippen MR) is 48.4 cm³/mol. The van der Waals surface area contributed by atoms with Crippen molar-refractivity contribution in [2.75, 3.05) is 0 Å². The minimum absolute atomic E-state index is 0.576. The van der Waals surface area contributed by atoms with E-state index in [0.717, 1.165) is 11.1 Å².